The summed E-state index contributed by atoms with van der Waals surface area (Å²) in [6.07, 6.45) is 2.22. The zero-order valence-corrected chi connectivity index (χ0v) is 8.64. The summed E-state index contributed by atoms with van der Waals surface area (Å²) in [7, 11) is 0. The van der Waals surface area contributed by atoms with Gasteiger partial charge in [0.1, 0.15) is 0 Å². The molecule has 0 spiro atoms. The third-order valence-corrected chi connectivity index (χ3v) is 1.79. The van der Waals surface area contributed by atoms with Gasteiger partial charge in [-0.1, -0.05) is 12.2 Å². The number of amides is 2. The summed E-state index contributed by atoms with van der Waals surface area (Å²) in [6.45, 7) is 7.26. The summed E-state index contributed by atoms with van der Waals surface area (Å²) < 4.78 is 5.22. The molecule has 1 aliphatic carbocycles. The summed E-state index contributed by atoms with van der Waals surface area (Å²) in [6, 6.07) is 0.317. The Bertz CT molecular complexity index is 212. The van der Waals surface area contributed by atoms with Crippen molar-refractivity contribution < 1.29 is 9.53 Å². The van der Waals surface area contributed by atoms with E-state index >= 15 is 0 Å². The lowest BCUT2D eigenvalue weighted by molar-refractivity contribution is 0.158. The van der Waals surface area contributed by atoms with Crippen LogP contribution < -0.4 is 10.6 Å². The monoisotopic (exact) mass is 198 g/mol. The highest BCUT2D eigenvalue weighted by Gasteiger charge is 2.22. The molecule has 14 heavy (non-hydrogen) atoms. The molecule has 0 saturated heterocycles. The highest BCUT2D eigenvalue weighted by Crippen LogP contribution is 2.17. The number of carbonyl (C=O) groups is 1. The Morgan fingerprint density at radius 3 is 2.86 bits per heavy atom. The Labute approximate surface area is 84.7 Å². The molecule has 0 heterocycles. The van der Waals surface area contributed by atoms with Crippen molar-refractivity contribution in [1.29, 1.82) is 0 Å². The van der Waals surface area contributed by atoms with Crippen molar-refractivity contribution in [3.05, 3.63) is 12.2 Å². The van der Waals surface area contributed by atoms with Crippen molar-refractivity contribution in [2.75, 3.05) is 19.8 Å². The summed E-state index contributed by atoms with van der Waals surface area (Å²) in [5, 5.41) is 5.55. The molecule has 0 radical (unpaired) electrons. The van der Waals surface area contributed by atoms with E-state index in [2.05, 4.69) is 17.2 Å². The van der Waals surface area contributed by atoms with Crippen molar-refractivity contribution in [2.45, 2.75) is 25.8 Å². The lowest BCUT2D eigenvalue weighted by atomic mass is 10.4. The van der Waals surface area contributed by atoms with Crippen LogP contribution in [0.15, 0.2) is 12.2 Å². The van der Waals surface area contributed by atoms with Crippen molar-refractivity contribution in [3.63, 3.8) is 0 Å². The standard InChI is InChI=1S/C10H18N2O2/c1-8(2)7-14-6-5-11-10(13)12-9-3-4-9/h9H,1,3-7H2,2H3,(H2,11,12,13). The second-order valence-electron chi connectivity index (χ2n) is 3.68. The molecule has 4 heteroatoms. The van der Waals surface area contributed by atoms with Gasteiger partial charge >= 0.3 is 6.03 Å². The largest absolute Gasteiger partial charge is 0.375 e. The minimum atomic E-state index is -0.0913. The van der Waals surface area contributed by atoms with E-state index in [4.69, 9.17) is 4.74 Å². The van der Waals surface area contributed by atoms with E-state index < -0.39 is 0 Å². The van der Waals surface area contributed by atoms with Crippen LogP contribution in [0, 0.1) is 0 Å². The van der Waals surface area contributed by atoms with Gasteiger partial charge in [0.25, 0.3) is 0 Å². The second-order valence-corrected chi connectivity index (χ2v) is 3.68. The van der Waals surface area contributed by atoms with E-state index in [0.717, 1.165) is 18.4 Å². The highest BCUT2D eigenvalue weighted by atomic mass is 16.5. The molecule has 80 valence electrons. The van der Waals surface area contributed by atoms with Gasteiger partial charge in [-0.3, -0.25) is 0 Å². The minimum Gasteiger partial charge on any atom is -0.375 e. The number of hydrogen-bond acceptors (Lipinski definition) is 2. The number of urea groups is 1. The van der Waals surface area contributed by atoms with Crippen LogP contribution in [0.4, 0.5) is 4.79 Å². The predicted octanol–water partition coefficient (Wildman–Crippen LogP) is 1.04. The maximum atomic E-state index is 11.1. The molecular formula is C10H18N2O2. The molecule has 1 rings (SSSR count). The first-order chi connectivity index (χ1) is 6.68. The first kappa shape index (κ1) is 11.0. The van der Waals surface area contributed by atoms with E-state index in [1.807, 2.05) is 6.92 Å². The Balaban J connectivity index is 1.87. The molecule has 4 nitrogen and oxygen atoms in total. The molecule has 2 N–H and O–H groups in total. The number of carbonyl (C=O) groups excluding carboxylic acids is 1. The van der Waals surface area contributed by atoms with Gasteiger partial charge in [-0.25, -0.2) is 4.79 Å². The fourth-order valence-electron chi connectivity index (χ4n) is 0.947. The lowest BCUT2D eigenvalue weighted by Crippen LogP contribution is -2.38. The third kappa shape index (κ3) is 5.59. The summed E-state index contributed by atoms with van der Waals surface area (Å²) >= 11 is 0. The van der Waals surface area contributed by atoms with Gasteiger partial charge in [0.15, 0.2) is 0 Å². The normalized spacial score (nSPS) is 14.9. The van der Waals surface area contributed by atoms with Crippen LogP contribution >= 0.6 is 0 Å². The van der Waals surface area contributed by atoms with Crippen LogP contribution in [0.1, 0.15) is 19.8 Å². The molecule has 0 aliphatic heterocycles. The van der Waals surface area contributed by atoms with E-state index in [1.54, 1.807) is 0 Å². The quantitative estimate of drug-likeness (QED) is 0.495. The van der Waals surface area contributed by atoms with Gasteiger partial charge in [0, 0.05) is 12.6 Å². The molecule has 1 fully saturated rings. The Morgan fingerprint density at radius 1 is 1.57 bits per heavy atom. The van der Waals surface area contributed by atoms with Gasteiger partial charge in [-0.15, -0.1) is 0 Å². The summed E-state index contributed by atoms with van der Waals surface area (Å²) in [5.41, 5.74) is 0.993. The molecule has 2 amide bonds. The fraction of sp³-hybridized carbons (Fsp3) is 0.700. The second kappa shape index (κ2) is 5.65. The Kier molecular flexibility index (Phi) is 4.46. The highest BCUT2D eigenvalue weighted by molar-refractivity contribution is 5.74. The van der Waals surface area contributed by atoms with E-state index in [9.17, 15) is 4.79 Å². The van der Waals surface area contributed by atoms with Gasteiger partial charge in [0.2, 0.25) is 0 Å². The molecular weight excluding hydrogens is 180 g/mol. The first-order valence-corrected chi connectivity index (χ1v) is 4.95. The minimum absolute atomic E-state index is 0.0913. The molecule has 1 aliphatic rings. The zero-order chi connectivity index (χ0) is 10.4. The zero-order valence-electron chi connectivity index (χ0n) is 8.64. The van der Waals surface area contributed by atoms with Crippen LogP contribution in [0.2, 0.25) is 0 Å². The molecule has 0 aromatic carbocycles. The van der Waals surface area contributed by atoms with Crippen LogP contribution in [0.5, 0.6) is 0 Å². The van der Waals surface area contributed by atoms with Crippen molar-refractivity contribution in [3.8, 4) is 0 Å². The maximum absolute atomic E-state index is 11.1. The summed E-state index contributed by atoms with van der Waals surface area (Å²) in [5.74, 6) is 0. The number of hydrogen-bond donors (Lipinski definition) is 2. The van der Waals surface area contributed by atoms with Crippen molar-refractivity contribution >= 4 is 6.03 Å². The molecule has 0 atom stereocenters. The van der Waals surface area contributed by atoms with Crippen LogP contribution in [-0.2, 0) is 4.74 Å². The maximum Gasteiger partial charge on any atom is 0.315 e. The van der Waals surface area contributed by atoms with Gasteiger partial charge in [-0.2, -0.15) is 0 Å². The van der Waals surface area contributed by atoms with E-state index in [0.29, 0.717) is 25.8 Å². The van der Waals surface area contributed by atoms with Crippen LogP contribution in [0.3, 0.4) is 0 Å². The smallest absolute Gasteiger partial charge is 0.315 e. The van der Waals surface area contributed by atoms with Gasteiger partial charge in [-0.05, 0) is 19.8 Å². The molecule has 0 aromatic heterocycles. The predicted molar refractivity (Wildman–Crippen MR) is 55.2 cm³/mol. The average Bonchev–Trinajstić information content (AvgIpc) is 2.87. The average molecular weight is 198 g/mol. The first-order valence-electron chi connectivity index (χ1n) is 4.95. The molecule has 1 saturated carbocycles. The van der Waals surface area contributed by atoms with Crippen LogP contribution in [-0.4, -0.2) is 31.8 Å². The third-order valence-electron chi connectivity index (χ3n) is 1.79. The van der Waals surface area contributed by atoms with Crippen molar-refractivity contribution in [1.82, 2.24) is 10.6 Å². The number of rotatable bonds is 6. The number of ether oxygens (including phenoxy) is 1. The molecule has 0 unspecified atom stereocenters. The molecule has 0 bridgehead atoms. The van der Waals surface area contributed by atoms with E-state index in [-0.39, 0.29) is 6.03 Å². The van der Waals surface area contributed by atoms with Crippen LogP contribution in [0.25, 0.3) is 0 Å². The summed E-state index contributed by atoms with van der Waals surface area (Å²) in [4.78, 5) is 11.1. The molecule has 0 aromatic rings. The Morgan fingerprint density at radius 2 is 2.29 bits per heavy atom. The fourth-order valence-corrected chi connectivity index (χ4v) is 0.947. The van der Waals surface area contributed by atoms with Crippen molar-refractivity contribution in [2.24, 2.45) is 0 Å². The van der Waals surface area contributed by atoms with Gasteiger partial charge in [0.05, 0.1) is 13.2 Å². The van der Waals surface area contributed by atoms with Gasteiger partial charge < -0.3 is 15.4 Å². The Hall–Kier alpha value is -1.03. The topological polar surface area (TPSA) is 50.4 Å². The lowest BCUT2D eigenvalue weighted by Gasteiger charge is -2.06. The SMILES string of the molecule is C=C(C)COCCNC(=O)NC1CC1. The van der Waals surface area contributed by atoms with E-state index in [1.165, 1.54) is 0 Å². The number of nitrogens with one attached hydrogen (secondary N) is 2.